The molecule has 4 rings (SSSR count). The fourth-order valence-electron chi connectivity index (χ4n) is 4.90. The van der Waals surface area contributed by atoms with Crippen molar-refractivity contribution in [1.82, 2.24) is 14.9 Å². The minimum absolute atomic E-state index is 0.0256. The molecule has 1 heterocycles. The number of carbonyl (C=O) groups excluding carboxylic acids is 2. The van der Waals surface area contributed by atoms with Crippen molar-refractivity contribution in [2.45, 2.75) is 61.6 Å². The Kier molecular flexibility index (Phi) is 9.74. The summed E-state index contributed by atoms with van der Waals surface area (Å²) < 4.78 is 28.5. The first kappa shape index (κ1) is 31.3. The number of hydrogen-bond acceptors (Lipinski definition) is 7. The highest BCUT2D eigenvalue weighted by molar-refractivity contribution is 8.00. The molecule has 0 saturated carbocycles. The zero-order chi connectivity index (χ0) is 30.5. The summed E-state index contributed by atoms with van der Waals surface area (Å²) in [6.45, 7) is 5.97. The molecule has 42 heavy (non-hydrogen) atoms. The lowest BCUT2D eigenvalue weighted by Gasteiger charge is -2.33. The van der Waals surface area contributed by atoms with Gasteiger partial charge in [-0.05, 0) is 68.1 Å². The molecule has 2 amide bonds. The van der Waals surface area contributed by atoms with Crippen LogP contribution >= 0.6 is 11.8 Å². The molecule has 1 saturated heterocycles. The molecule has 0 bridgehead atoms. The molecular weight excluding hydrogens is 572 g/mol. The van der Waals surface area contributed by atoms with E-state index >= 15 is 0 Å². The van der Waals surface area contributed by atoms with Crippen LogP contribution in [0.4, 0.5) is 0 Å². The lowest BCUT2D eigenvalue weighted by atomic mass is 9.97. The zero-order valence-corrected chi connectivity index (χ0v) is 25.3. The highest BCUT2D eigenvalue weighted by Gasteiger charge is 2.50. The van der Waals surface area contributed by atoms with E-state index < -0.39 is 38.9 Å². The first-order chi connectivity index (χ1) is 19.9. The first-order valence-electron chi connectivity index (χ1n) is 13.4. The van der Waals surface area contributed by atoms with Gasteiger partial charge in [0.25, 0.3) is 5.91 Å². The Balaban J connectivity index is 1.58. The minimum atomic E-state index is -4.18. The normalized spacial score (nSPS) is 17.7. The summed E-state index contributed by atoms with van der Waals surface area (Å²) in [5, 5.41) is 23.4. The number of nitrogens with one attached hydrogen (secondary N) is 2. The van der Waals surface area contributed by atoms with Crippen LogP contribution in [0.2, 0.25) is 0 Å². The number of hydrogen-bond donors (Lipinski definition) is 3. The highest BCUT2D eigenvalue weighted by atomic mass is 32.2. The zero-order valence-electron chi connectivity index (χ0n) is 23.7. The van der Waals surface area contributed by atoms with E-state index in [2.05, 4.69) is 10.0 Å². The average Bonchev–Trinajstić information content (AvgIpc) is 3.30. The van der Waals surface area contributed by atoms with Gasteiger partial charge in [-0.25, -0.2) is 13.1 Å². The number of thioether (sulfide) groups is 1. The van der Waals surface area contributed by atoms with E-state index in [1.54, 1.807) is 24.3 Å². The molecule has 3 aromatic carbocycles. The number of sulfonamides is 1. The lowest BCUT2D eigenvalue weighted by molar-refractivity contribution is -0.147. The maximum atomic E-state index is 13.8. The van der Waals surface area contributed by atoms with Crippen LogP contribution in [-0.2, 0) is 32.6 Å². The predicted molar refractivity (Wildman–Crippen MR) is 162 cm³/mol. The monoisotopic (exact) mass is 606 g/mol. The molecule has 1 aliphatic rings. The summed E-state index contributed by atoms with van der Waals surface area (Å²) in [4.78, 5) is 28.5. The molecule has 0 aliphatic carbocycles. The Bertz CT molecular complexity index is 1570. The summed E-state index contributed by atoms with van der Waals surface area (Å²) in [6.07, 6.45) is -1.75. The van der Waals surface area contributed by atoms with Gasteiger partial charge in [-0.15, -0.1) is 11.8 Å². The van der Waals surface area contributed by atoms with Gasteiger partial charge in [-0.3, -0.25) is 9.59 Å². The highest BCUT2D eigenvalue weighted by Crippen LogP contribution is 2.40. The van der Waals surface area contributed by atoms with Crippen molar-refractivity contribution < 1.29 is 23.1 Å². The standard InChI is InChI=1S/C31H34N4O5S2/c1-21-9-7-8-12-24(21)19-33-29(37)28-31(2,3)41-20-35(28)30(38)27(36)26(17-22-10-5-4-6-11-22)34-42(39,40)25-15-13-23(18-32)14-16-25/h4-16,26-28,34,36H,17,19-20H2,1-3H3,(H,33,37)/t26-,27-,28+/m0/s1. The number of rotatable bonds is 10. The molecule has 0 unspecified atom stereocenters. The summed E-state index contributed by atoms with van der Waals surface area (Å²) >= 11 is 1.41. The Morgan fingerprint density at radius 2 is 1.71 bits per heavy atom. The number of aliphatic hydroxyl groups excluding tert-OH is 1. The molecule has 3 aromatic rings. The van der Waals surface area contributed by atoms with Gasteiger partial charge < -0.3 is 15.3 Å². The van der Waals surface area contributed by atoms with Crippen molar-refractivity contribution in [3.63, 3.8) is 0 Å². The van der Waals surface area contributed by atoms with E-state index in [9.17, 15) is 23.1 Å². The van der Waals surface area contributed by atoms with E-state index in [1.807, 2.05) is 57.2 Å². The van der Waals surface area contributed by atoms with Gasteiger partial charge in [0.2, 0.25) is 15.9 Å². The van der Waals surface area contributed by atoms with Gasteiger partial charge in [0.05, 0.1) is 28.4 Å². The van der Waals surface area contributed by atoms with Gasteiger partial charge >= 0.3 is 0 Å². The second kappa shape index (κ2) is 13.1. The Morgan fingerprint density at radius 1 is 1.07 bits per heavy atom. The molecule has 3 atom stereocenters. The lowest BCUT2D eigenvalue weighted by Crippen LogP contribution is -2.58. The molecule has 9 nitrogen and oxygen atoms in total. The Labute approximate surface area is 251 Å². The summed E-state index contributed by atoms with van der Waals surface area (Å²) in [5.74, 6) is -0.940. The number of aliphatic hydroxyl groups is 1. The molecule has 3 N–H and O–H groups in total. The second-order valence-corrected chi connectivity index (χ2v) is 14.0. The number of aryl methyl sites for hydroxylation is 1. The SMILES string of the molecule is Cc1ccccc1CNC(=O)[C@H]1N(C(=O)[C@@H](O)[C@H](Cc2ccccc2)NS(=O)(=O)c2ccc(C#N)cc2)CSC1(C)C. The molecule has 0 aromatic heterocycles. The molecular formula is C31H34N4O5S2. The van der Waals surface area contributed by atoms with Gasteiger partial charge in [-0.2, -0.15) is 5.26 Å². The van der Waals surface area contributed by atoms with E-state index in [-0.39, 0.29) is 29.6 Å². The van der Waals surface area contributed by atoms with E-state index in [1.165, 1.54) is 40.9 Å². The minimum Gasteiger partial charge on any atom is -0.382 e. The van der Waals surface area contributed by atoms with Crippen LogP contribution < -0.4 is 10.0 Å². The summed E-state index contributed by atoms with van der Waals surface area (Å²) in [5.41, 5.74) is 2.98. The number of nitrogens with zero attached hydrogens (tertiary/aromatic N) is 2. The van der Waals surface area contributed by atoms with Crippen LogP contribution in [0, 0.1) is 18.3 Å². The van der Waals surface area contributed by atoms with Crippen molar-refractivity contribution in [1.29, 1.82) is 5.26 Å². The van der Waals surface area contributed by atoms with Crippen LogP contribution in [0.15, 0.2) is 83.8 Å². The first-order valence-corrected chi connectivity index (χ1v) is 15.9. The fourth-order valence-corrected chi connectivity index (χ4v) is 7.29. The maximum absolute atomic E-state index is 13.8. The van der Waals surface area contributed by atoms with Crippen molar-refractivity contribution in [3.8, 4) is 6.07 Å². The Morgan fingerprint density at radius 3 is 2.36 bits per heavy atom. The number of nitriles is 1. The molecule has 11 heteroatoms. The summed E-state index contributed by atoms with van der Waals surface area (Å²) in [6, 6.07) is 21.8. The number of benzene rings is 3. The van der Waals surface area contributed by atoms with E-state index in [0.29, 0.717) is 11.1 Å². The van der Waals surface area contributed by atoms with Crippen LogP contribution in [0.3, 0.4) is 0 Å². The van der Waals surface area contributed by atoms with Crippen LogP contribution in [0.1, 0.15) is 36.1 Å². The average molecular weight is 607 g/mol. The van der Waals surface area contributed by atoms with Crippen LogP contribution in [0.25, 0.3) is 0 Å². The summed E-state index contributed by atoms with van der Waals surface area (Å²) in [7, 11) is -4.18. The second-order valence-electron chi connectivity index (χ2n) is 10.7. The van der Waals surface area contributed by atoms with Crippen molar-refractivity contribution in [3.05, 3.63) is 101 Å². The predicted octanol–water partition coefficient (Wildman–Crippen LogP) is 3.11. The largest absolute Gasteiger partial charge is 0.382 e. The topological polar surface area (TPSA) is 140 Å². The maximum Gasteiger partial charge on any atom is 0.254 e. The quantitative estimate of drug-likeness (QED) is 0.322. The van der Waals surface area contributed by atoms with Gasteiger partial charge in [-0.1, -0.05) is 54.6 Å². The number of amides is 2. The van der Waals surface area contributed by atoms with Crippen LogP contribution in [0.5, 0.6) is 0 Å². The molecule has 220 valence electrons. The van der Waals surface area contributed by atoms with Crippen molar-refractivity contribution in [2.75, 3.05) is 5.88 Å². The van der Waals surface area contributed by atoms with Crippen molar-refractivity contribution >= 4 is 33.6 Å². The third-order valence-corrected chi connectivity index (χ3v) is 10.2. The number of carbonyl (C=O) groups is 2. The molecule has 1 fully saturated rings. The molecule has 0 spiro atoms. The van der Waals surface area contributed by atoms with Gasteiger partial charge in [0.15, 0.2) is 0 Å². The molecule has 1 aliphatic heterocycles. The van der Waals surface area contributed by atoms with Gasteiger partial charge in [0.1, 0.15) is 12.1 Å². The van der Waals surface area contributed by atoms with Crippen molar-refractivity contribution in [2.24, 2.45) is 0 Å². The van der Waals surface area contributed by atoms with E-state index in [0.717, 1.165) is 11.1 Å². The van der Waals surface area contributed by atoms with E-state index in [4.69, 9.17) is 5.26 Å². The van der Waals surface area contributed by atoms with Gasteiger partial charge in [0, 0.05) is 11.3 Å². The Hall–Kier alpha value is -3.69. The van der Waals surface area contributed by atoms with Crippen LogP contribution in [-0.4, -0.2) is 59.1 Å². The molecule has 0 radical (unpaired) electrons. The third kappa shape index (κ3) is 7.20. The smallest absolute Gasteiger partial charge is 0.254 e. The third-order valence-electron chi connectivity index (χ3n) is 7.32. The fraction of sp³-hybridized carbons (Fsp3) is 0.323.